The molecule has 0 amide bonds. The molecule has 0 aliphatic rings. The predicted molar refractivity (Wildman–Crippen MR) is 92.8 cm³/mol. The molecule has 0 saturated heterocycles. The van der Waals surface area contributed by atoms with Crippen molar-refractivity contribution in [2.45, 2.75) is 24.6 Å². The predicted octanol–water partition coefficient (Wildman–Crippen LogP) is 2.47. The Balaban J connectivity index is 2.05. The van der Waals surface area contributed by atoms with Crippen molar-refractivity contribution in [2.75, 3.05) is 27.4 Å². The lowest BCUT2D eigenvalue weighted by Crippen LogP contribution is -2.16. The number of nitrogens with zero attached hydrogens (tertiary/aromatic N) is 1. The quantitative estimate of drug-likeness (QED) is 0.415. The van der Waals surface area contributed by atoms with E-state index in [0.29, 0.717) is 31.3 Å². The van der Waals surface area contributed by atoms with E-state index in [9.17, 15) is 9.59 Å². The molecule has 0 aliphatic heterocycles. The van der Waals surface area contributed by atoms with Gasteiger partial charge in [-0.25, -0.2) is 4.79 Å². The molecular formula is C17H21ClN2O5. The number of nitrogens with one attached hydrogen (secondary N) is 1. The first-order chi connectivity index (χ1) is 12.1. The Kier molecular flexibility index (Phi) is 7.21. The van der Waals surface area contributed by atoms with Crippen molar-refractivity contribution < 1.29 is 23.8 Å². The first kappa shape index (κ1) is 19.2. The van der Waals surface area contributed by atoms with Crippen LogP contribution in [0.1, 0.15) is 28.9 Å². The lowest BCUT2D eigenvalue weighted by atomic mass is 10.0. The third kappa shape index (κ3) is 5.17. The normalized spacial score (nSPS) is 12.1. The Morgan fingerprint density at radius 3 is 2.80 bits per heavy atom. The number of rotatable bonds is 9. The van der Waals surface area contributed by atoms with Crippen LogP contribution >= 0.6 is 11.6 Å². The van der Waals surface area contributed by atoms with E-state index in [1.54, 1.807) is 7.11 Å². The maximum atomic E-state index is 12.2. The summed E-state index contributed by atoms with van der Waals surface area (Å²) in [5, 5.41) is 6.84. The Hall–Kier alpha value is -2.12. The van der Waals surface area contributed by atoms with Gasteiger partial charge in [0.2, 0.25) is 0 Å². The molecule has 136 valence electrons. The molecular weight excluding hydrogens is 348 g/mol. The minimum Gasteiger partial charge on any atom is -0.468 e. The highest BCUT2D eigenvalue weighted by molar-refractivity contribution is 6.29. The average Bonchev–Trinajstić information content (AvgIpc) is 3.05. The smallest absolute Gasteiger partial charge is 0.359 e. The van der Waals surface area contributed by atoms with Gasteiger partial charge in [0.05, 0.1) is 19.2 Å². The second-order valence-corrected chi connectivity index (χ2v) is 5.99. The summed E-state index contributed by atoms with van der Waals surface area (Å²) in [5.41, 5.74) is 1.92. The molecule has 1 aromatic carbocycles. The van der Waals surface area contributed by atoms with E-state index in [1.165, 1.54) is 7.11 Å². The summed E-state index contributed by atoms with van der Waals surface area (Å²) in [5.74, 6) is -0.935. The molecule has 1 heterocycles. The number of H-pyrrole nitrogens is 1. The van der Waals surface area contributed by atoms with Crippen molar-refractivity contribution in [1.29, 1.82) is 0 Å². The Bertz CT molecular complexity index is 731. The largest absolute Gasteiger partial charge is 0.468 e. The van der Waals surface area contributed by atoms with Crippen molar-refractivity contribution in [3.63, 3.8) is 0 Å². The number of carbonyl (C=O) groups is 2. The van der Waals surface area contributed by atoms with Gasteiger partial charge in [0, 0.05) is 25.5 Å². The van der Waals surface area contributed by atoms with Crippen molar-refractivity contribution in [2.24, 2.45) is 0 Å². The van der Waals surface area contributed by atoms with Crippen LogP contribution < -0.4 is 0 Å². The zero-order valence-electron chi connectivity index (χ0n) is 14.2. The minimum absolute atomic E-state index is 0.240. The van der Waals surface area contributed by atoms with E-state index >= 15 is 0 Å². The summed E-state index contributed by atoms with van der Waals surface area (Å²) in [6.45, 7) is 0.798. The van der Waals surface area contributed by atoms with E-state index in [0.717, 1.165) is 11.1 Å². The molecule has 2 aromatic rings. The lowest BCUT2D eigenvalue weighted by molar-refractivity contribution is -0.140. The monoisotopic (exact) mass is 368 g/mol. The minimum atomic E-state index is -0.699. The Morgan fingerprint density at radius 2 is 2.08 bits per heavy atom. The van der Waals surface area contributed by atoms with Crippen LogP contribution in [0.15, 0.2) is 18.2 Å². The molecule has 0 radical (unpaired) electrons. The molecule has 1 N–H and O–H groups in total. The van der Waals surface area contributed by atoms with Gasteiger partial charge in [-0.3, -0.25) is 9.89 Å². The number of aryl methyl sites for hydroxylation is 1. The number of hydrogen-bond donors (Lipinski definition) is 1. The van der Waals surface area contributed by atoms with Crippen LogP contribution in [0, 0.1) is 0 Å². The highest BCUT2D eigenvalue weighted by Gasteiger charge is 2.18. The summed E-state index contributed by atoms with van der Waals surface area (Å²) >= 11 is 5.97. The second kappa shape index (κ2) is 9.39. The fourth-order valence-corrected chi connectivity index (χ4v) is 2.55. The number of halogens is 1. The molecule has 8 heteroatoms. The van der Waals surface area contributed by atoms with E-state index in [-0.39, 0.29) is 12.3 Å². The van der Waals surface area contributed by atoms with Crippen LogP contribution in [-0.4, -0.2) is 54.9 Å². The Labute approximate surface area is 150 Å². The van der Waals surface area contributed by atoms with Gasteiger partial charge in [-0.05, 0) is 30.5 Å². The average molecular weight is 369 g/mol. The zero-order chi connectivity index (χ0) is 18.2. The molecule has 1 aromatic heterocycles. The molecule has 1 atom stereocenters. The van der Waals surface area contributed by atoms with Crippen LogP contribution in [-0.2, 0) is 25.4 Å². The number of ether oxygens (including phenoxy) is 3. The van der Waals surface area contributed by atoms with Gasteiger partial charge < -0.3 is 14.2 Å². The fourth-order valence-electron chi connectivity index (χ4n) is 2.35. The maximum absolute atomic E-state index is 12.2. The van der Waals surface area contributed by atoms with Gasteiger partial charge in [-0.1, -0.05) is 6.07 Å². The van der Waals surface area contributed by atoms with Crippen LogP contribution in [0.2, 0.25) is 0 Å². The SMILES string of the molecule is COCCCOC(=O)c1n[nH]c2ccc(CCC(Cl)C(=O)OC)cc12. The highest BCUT2D eigenvalue weighted by Crippen LogP contribution is 2.20. The number of methoxy groups -OCH3 is 2. The van der Waals surface area contributed by atoms with Gasteiger partial charge in [-0.2, -0.15) is 5.10 Å². The molecule has 2 rings (SSSR count). The first-order valence-electron chi connectivity index (χ1n) is 7.91. The number of fused-ring (bicyclic) bond motifs is 1. The maximum Gasteiger partial charge on any atom is 0.359 e. The van der Waals surface area contributed by atoms with Gasteiger partial charge in [-0.15, -0.1) is 11.6 Å². The van der Waals surface area contributed by atoms with Crippen molar-refractivity contribution >= 4 is 34.4 Å². The number of aromatic nitrogens is 2. The van der Waals surface area contributed by atoms with Crippen molar-refractivity contribution in [3.8, 4) is 0 Å². The molecule has 0 bridgehead atoms. The molecule has 7 nitrogen and oxygen atoms in total. The van der Waals surface area contributed by atoms with Crippen LogP contribution in [0.5, 0.6) is 0 Å². The third-order valence-corrected chi connectivity index (χ3v) is 4.09. The summed E-state index contributed by atoms with van der Waals surface area (Å²) in [7, 11) is 2.90. The van der Waals surface area contributed by atoms with Crippen LogP contribution in [0.3, 0.4) is 0 Å². The number of alkyl halides is 1. The zero-order valence-corrected chi connectivity index (χ0v) is 15.0. The van der Waals surface area contributed by atoms with E-state index in [2.05, 4.69) is 14.9 Å². The molecule has 25 heavy (non-hydrogen) atoms. The lowest BCUT2D eigenvalue weighted by Gasteiger charge is -2.07. The molecule has 0 saturated carbocycles. The summed E-state index contributed by atoms with van der Waals surface area (Å²) in [4.78, 5) is 23.5. The number of benzene rings is 1. The number of carbonyl (C=O) groups excluding carboxylic acids is 2. The third-order valence-electron chi connectivity index (χ3n) is 3.69. The fraction of sp³-hybridized carbons (Fsp3) is 0.471. The summed E-state index contributed by atoms with van der Waals surface area (Å²) < 4.78 is 14.7. The molecule has 0 aliphatic carbocycles. The molecule has 0 fully saturated rings. The van der Waals surface area contributed by atoms with Crippen molar-refractivity contribution in [3.05, 3.63) is 29.5 Å². The van der Waals surface area contributed by atoms with E-state index in [1.807, 2.05) is 18.2 Å². The van der Waals surface area contributed by atoms with Crippen molar-refractivity contribution in [1.82, 2.24) is 10.2 Å². The Morgan fingerprint density at radius 1 is 1.28 bits per heavy atom. The van der Waals surface area contributed by atoms with Gasteiger partial charge in [0.1, 0.15) is 5.38 Å². The van der Waals surface area contributed by atoms with E-state index in [4.69, 9.17) is 21.1 Å². The summed E-state index contributed by atoms with van der Waals surface area (Å²) in [6.07, 6.45) is 1.64. The topological polar surface area (TPSA) is 90.5 Å². The molecule has 1 unspecified atom stereocenters. The number of hydrogen-bond acceptors (Lipinski definition) is 6. The standard InChI is InChI=1S/C17H21ClN2O5/c1-23-8-3-9-25-17(22)15-12-10-11(5-7-14(12)19-20-15)4-6-13(18)16(21)24-2/h5,7,10,13H,3-4,6,8-9H2,1-2H3,(H,19,20). The van der Waals surface area contributed by atoms with Crippen LogP contribution in [0.4, 0.5) is 0 Å². The highest BCUT2D eigenvalue weighted by atomic mass is 35.5. The number of esters is 2. The van der Waals surface area contributed by atoms with Crippen LogP contribution in [0.25, 0.3) is 10.9 Å². The van der Waals surface area contributed by atoms with Gasteiger partial charge >= 0.3 is 11.9 Å². The molecule has 0 spiro atoms. The van der Waals surface area contributed by atoms with Gasteiger partial charge in [0.15, 0.2) is 5.69 Å². The van der Waals surface area contributed by atoms with Gasteiger partial charge in [0.25, 0.3) is 0 Å². The van der Waals surface area contributed by atoms with E-state index < -0.39 is 17.3 Å². The first-order valence-corrected chi connectivity index (χ1v) is 8.35. The second-order valence-electron chi connectivity index (χ2n) is 5.46. The number of aromatic amines is 1. The summed E-state index contributed by atoms with van der Waals surface area (Å²) in [6, 6.07) is 5.58.